The molecular weight excluding hydrogens is 303 g/mol. The molecule has 1 aromatic rings. The van der Waals surface area contributed by atoms with Crippen LogP contribution in [0.4, 0.5) is 0 Å². The Morgan fingerprint density at radius 2 is 1.76 bits per heavy atom. The molecule has 1 aromatic carbocycles. The van der Waals surface area contributed by atoms with E-state index in [1.165, 1.54) is 19.3 Å². The fourth-order valence-corrected chi connectivity index (χ4v) is 6.23. The number of carbonyl (C=O) groups is 1. The summed E-state index contributed by atoms with van der Waals surface area (Å²) in [6, 6.07) is 5.35. The standard InChI is InChI=1S/C18H20Cl2O/c1-17-6-11-4-12(7-17)9-18(8-11,10-17)16(21)13-2-3-14(19)15(20)5-13/h2-3,5,11-12H,4,6-10H2,1H3. The molecule has 4 saturated carbocycles. The fourth-order valence-electron chi connectivity index (χ4n) is 5.93. The minimum Gasteiger partial charge on any atom is -0.294 e. The number of hydrogen-bond donors (Lipinski definition) is 0. The third-order valence-electron chi connectivity index (χ3n) is 6.02. The zero-order valence-electron chi connectivity index (χ0n) is 12.3. The fraction of sp³-hybridized carbons (Fsp3) is 0.611. The van der Waals surface area contributed by atoms with Crippen LogP contribution in [0.5, 0.6) is 0 Å². The summed E-state index contributed by atoms with van der Waals surface area (Å²) in [4.78, 5) is 13.2. The third kappa shape index (κ3) is 2.16. The highest BCUT2D eigenvalue weighted by molar-refractivity contribution is 6.42. The van der Waals surface area contributed by atoms with Gasteiger partial charge in [0.05, 0.1) is 10.0 Å². The minimum atomic E-state index is -0.129. The van der Waals surface area contributed by atoms with Crippen molar-refractivity contribution < 1.29 is 4.79 Å². The van der Waals surface area contributed by atoms with Gasteiger partial charge in [-0.15, -0.1) is 0 Å². The highest BCUT2D eigenvalue weighted by atomic mass is 35.5. The Labute approximate surface area is 136 Å². The first-order chi connectivity index (χ1) is 9.89. The van der Waals surface area contributed by atoms with Crippen LogP contribution in [0.15, 0.2) is 18.2 Å². The third-order valence-corrected chi connectivity index (χ3v) is 6.76. The van der Waals surface area contributed by atoms with Crippen molar-refractivity contribution in [3.8, 4) is 0 Å². The van der Waals surface area contributed by atoms with Crippen molar-refractivity contribution in [2.24, 2.45) is 22.7 Å². The maximum atomic E-state index is 13.2. The molecule has 0 N–H and O–H groups in total. The van der Waals surface area contributed by atoms with Crippen molar-refractivity contribution in [3.05, 3.63) is 33.8 Å². The molecule has 2 unspecified atom stereocenters. The molecule has 0 radical (unpaired) electrons. The van der Waals surface area contributed by atoms with Gasteiger partial charge in [0.15, 0.2) is 5.78 Å². The maximum absolute atomic E-state index is 13.2. The van der Waals surface area contributed by atoms with Gasteiger partial charge in [0.1, 0.15) is 0 Å². The number of ketones is 1. The molecule has 0 heterocycles. The lowest BCUT2D eigenvalue weighted by Gasteiger charge is -2.60. The van der Waals surface area contributed by atoms with E-state index in [2.05, 4.69) is 6.92 Å². The van der Waals surface area contributed by atoms with Gasteiger partial charge in [0.25, 0.3) is 0 Å². The molecule has 4 aliphatic rings. The van der Waals surface area contributed by atoms with Crippen LogP contribution in [0.3, 0.4) is 0 Å². The molecule has 2 atom stereocenters. The molecule has 0 amide bonds. The van der Waals surface area contributed by atoms with Crippen molar-refractivity contribution in [3.63, 3.8) is 0 Å². The molecule has 0 aliphatic heterocycles. The molecule has 5 rings (SSSR count). The number of rotatable bonds is 2. The van der Waals surface area contributed by atoms with Crippen molar-refractivity contribution in [2.45, 2.75) is 45.4 Å². The van der Waals surface area contributed by atoms with Crippen LogP contribution in [-0.4, -0.2) is 5.78 Å². The second kappa shape index (κ2) is 4.49. The Kier molecular flexibility index (Phi) is 3.01. The Bertz CT molecular complexity index is 608. The molecule has 3 heteroatoms. The van der Waals surface area contributed by atoms with Crippen molar-refractivity contribution in [1.29, 1.82) is 0 Å². The second-order valence-corrected chi connectivity index (χ2v) is 8.82. The van der Waals surface area contributed by atoms with E-state index in [4.69, 9.17) is 23.2 Å². The van der Waals surface area contributed by atoms with Crippen LogP contribution in [0.25, 0.3) is 0 Å². The predicted octanol–water partition coefficient (Wildman–Crippen LogP) is 5.78. The minimum absolute atomic E-state index is 0.129. The number of carbonyl (C=O) groups excluding carboxylic acids is 1. The number of Topliss-reactive ketones (excluding diaryl/α,β-unsaturated/α-hetero) is 1. The predicted molar refractivity (Wildman–Crippen MR) is 86.0 cm³/mol. The van der Waals surface area contributed by atoms with Gasteiger partial charge in [0.2, 0.25) is 0 Å². The van der Waals surface area contributed by atoms with Gasteiger partial charge in [-0.25, -0.2) is 0 Å². The van der Waals surface area contributed by atoms with Gasteiger partial charge < -0.3 is 0 Å². The Balaban J connectivity index is 1.72. The Morgan fingerprint density at radius 1 is 1.10 bits per heavy atom. The summed E-state index contributed by atoms with van der Waals surface area (Å²) in [6.07, 6.45) is 7.20. The van der Waals surface area contributed by atoms with Crippen molar-refractivity contribution in [1.82, 2.24) is 0 Å². The lowest BCUT2D eigenvalue weighted by Crippen LogP contribution is -2.54. The smallest absolute Gasteiger partial charge is 0.169 e. The van der Waals surface area contributed by atoms with E-state index < -0.39 is 0 Å². The van der Waals surface area contributed by atoms with Gasteiger partial charge >= 0.3 is 0 Å². The highest BCUT2D eigenvalue weighted by Gasteiger charge is 2.58. The number of hydrogen-bond acceptors (Lipinski definition) is 1. The summed E-state index contributed by atoms with van der Waals surface area (Å²) >= 11 is 12.1. The van der Waals surface area contributed by atoms with E-state index >= 15 is 0 Å². The van der Waals surface area contributed by atoms with E-state index in [9.17, 15) is 4.79 Å². The molecule has 112 valence electrons. The van der Waals surface area contributed by atoms with Crippen molar-refractivity contribution >= 4 is 29.0 Å². The summed E-state index contributed by atoms with van der Waals surface area (Å²) in [5.41, 5.74) is 1.00. The summed E-state index contributed by atoms with van der Waals surface area (Å²) in [5.74, 6) is 1.81. The van der Waals surface area contributed by atoms with Crippen LogP contribution in [0.2, 0.25) is 10.0 Å². The van der Waals surface area contributed by atoms with E-state index in [1.807, 2.05) is 6.07 Å². The molecule has 1 nitrogen and oxygen atoms in total. The molecular formula is C18H20Cl2O. The van der Waals surface area contributed by atoms with Crippen LogP contribution < -0.4 is 0 Å². The monoisotopic (exact) mass is 322 g/mol. The topological polar surface area (TPSA) is 17.1 Å². The first-order valence-electron chi connectivity index (χ1n) is 7.89. The molecule has 4 bridgehead atoms. The summed E-state index contributed by atoms with van der Waals surface area (Å²) in [6.45, 7) is 2.39. The molecule has 0 saturated heterocycles. The molecule has 0 aromatic heterocycles. The average molecular weight is 323 g/mol. The molecule has 0 spiro atoms. The lowest BCUT2D eigenvalue weighted by molar-refractivity contribution is -0.0820. The quantitative estimate of drug-likeness (QED) is 0.630. The van der Waals surface area contributed by atoms with Gasteiger partial charge in [-0.3, -0.25) is 4.79 Å². The first kappa shape index (κ1) is 14.1. The normalized spacial score (nSPS) is 40.5. The first-order valence-corrected chi connectivity index (χ1v) is 8.65. The van der Waals surface area contributed by atoms with Crippen LogP contribution >= 0.6 is 23.2 Å². The molecule has 4 aliphatic carbocycles. The van der Waals surface area contributed by atoms with Gasteiger partial charge in [-0.2, -0.15) is 0 Å². The Morgan fingerprint density at radius 3 is 2.33 bits per heavy atom. The number of halogens is 2. The van der Waals surface area contributed by atoms with Crippen LogP contribution in [0.1, 0.15) is 55.8 Å². The lowest BCUT2D eigenvalue weighted by atomic mass is 9.43. The van der Waals surface area contributed by atoms with E-state index in [0.717, 1.165) is 36.7 Å². The summed E-state index contributed by atoms with van der Waals surface area (Å²) in [5, 5.41) is 1.00. The van der Waals surface area contributed by atoms with E-state index in [1.54, 1.807) is 12.1 Å². The SMILES string of the molecule is CC12CC3CC(C1)CC(C(=O)c1ccc(Cl)c(Cl)c1)(C3)C2. The zero-order chi connectivity index (χ0) is 14.8. The van der Waals surface area contributed by atoms with E-state index in [-0.39, 0.29) is 5.41 Å². The maximum Gasteiger partial charge on any atom is 0.169 e. The molecule has 4 fully saturated rings. The largest absolute Gasteiger partial charge is 0.294 e. The van der Waals surface area contributed by atoms with Crippen LogP contribution in [0, 0.1) is 22.7 Å². The van der Waals surface area contributed by atoms with Gasteiger partial charge in [-0.05, 0) is 74.0 Å². The van der Waals surface area contributed by atoms with Crippen LogP contribution in [-0.2, 0) is 0 Å². The van der Waals surface area contributed by atoms with Gasteiger partial charge in [-0.1, -0.05) is 30.1 Å². The summed E-state index contributed by atoms with van der Waals surface area (Å²) in [7, 11) is 0. The van der Waals surface area contributed by atoms with Crippen molar-refractivity contribution in [2.75, 3.05) is 0 Å². The average Bonchev–Trinajstić information content (AvgIpc) is 2.38. The Hall–Kier alpha value is -0.530. The highest BCUT2D eigenvalue weighted by Crippen LogP contribution is 2.65. The van der Waals surface area contributed by atoms with Gasteiger partial charge in [0, 0.05) is 11.0 Å². The molecule has 21 heavy (non-hydrogen) atoms. The summed E-state index contributed by atoms with van der Waals surface area (Å²) < 4.78 is 0. The van der Waals surface area contributed by atoms with E-state index in [0.29, 0.717) is 21.2 Å². The second-order valence-electron chi connectivity index (χ2n) is 8.01. The zero-order valence-corrected chi connectivity index (χ0v) is 13.8. The number of benzene rings is 1.